The molecule has 0 aliphatic heterocycles. The van der Waals surface area contributed by atoms with Gasteiger partial charge in [-0.2, -0.15) is 0 Å². The highest BCUT2D eigenvalue weighted by atomic mass is 16.5. The second-order valence-corrected chi connectivity index (χ2v) is 7.41. The van der Waals surface area contributed by atoms with Gasteiger partial charge in [-0.25, -0.2) is 4.79 Å². The lowest BCUT2D eigenvalue weighted by molar-refractivity contribution is -0.137. The standard InChI is InChI=1S/C25H23NO6/c27-24(28)16-26-22-9-2-1-8-20(22)21-11-10-19(15-23(21)26)32-13-4-3-12-31-18-7-5-6-17(14-18)25(29)30/h1-2,5-11,14-15H,3-4,12-13,16H2,(H,27,28)(H,29,30). The molecule has 1 heterocycles. The molecule has 4 rings (SSSR count). The molecule has 32 heavy (non-hydrogen) atoms. The molecular formula is C25H23NO6. The lowest BCUT2D eigenvalue weighted by atomic mass is 10.1. The van der Waals surface area contributed by atoms with Crippen LogP contribution in [0.1, 0.15) is 23.2 Å². The van der Waals surface area contributed by atoms with Crippen LogP contribution in [0.15, 0.2) is 66.7 Å². The molecule has 0 unspecified atom stereocenters. The average molecular weight is 433 g/mol. The Bertz CT molecular complexity index is 1280. The molecule has 0 aliphatic rings. The molecule has 0 radical (unpaired) electrons. The molecule has 1 aromatic heterocycles. The monoisotopic (exact) mass is 433 g/mol. The molecule has 0 amide bonds. The normalized spacial score (nSPS) is 11.0. The number of aliphatic carboxylic acids is 1. The van der Waals surface area contributed by atoms with Crippen molar-refractivity contribution in [3.63, 3.8) is 0 Å². The van der Waals surface area contributed by atoms with E-state index >= 15 is 0 Å². The Morgan fingerprint density at radius 2 is 1.44 bits per heavy atom. The van der Waals surface area contributed by atoms with Crippen LogP contribution in [0.25, 0.3) is 21.8 Å². The van der Waals surface area contributed by atoms with Crippen LogP contribution in [-0.2, 0) is 11.3 Å². The minimum Gasteiger partial charge on any atom is -0.494 e. The van der Waals surface area contributed by atoms with Gasteiger partial charge in [0.25, 0.3) is 0 Å². The van der Waals surface area contributed by atoms with Gasteiger partial charge in [-0.3, -0.25) is 4.79 Å². The van der Waals surface area contributed by atoms with Crippen molar-refractivity contribution in [1.29, 1.82) is 0 Å². The largest absolute Gasteiger partial charge is 0.494 e. The lowest BCUT2D eigenvalue weighted by Crippen LogP contribution is -2.08. The molecule has 4 aromatic rings. The van der Waals surface area contributed by atoms with Gasteiger partial charge >= 0.3 is 11.9 Å². The van der Waals surface area contributed by atoms with Gasteiger partial charge in [0.15, 0.2) is 0 Å². The van der Waals surface area contributed by atoms with E-state index in [1.54, 1.807) is 16.7 Å². The predicted molar refractivity (Wildman–Crippen MR) is 121 cm³/mol. The number of rotatable bonds is 10. The van der Waals surface area contributed by atoms with E-state index in [4.69, 9.17) is 14.6 Å². The highest BCUT2D eigenvalue weighted by Gasteiger charge is 2.13. The van der Waals surface area contributed by atoms with Crippen LogP contribution in [0.4, 0.5) is 0 Å². The number of aromatic carboxylic acids is 1. The van der Waals surface area contributed by atoms with Crippen LogP contribution in [0.2, 0.25) is 0 Å². The zero-order valence-corrected chi connectivity index (χ0v) is 17.4. The number of benzene rings is 3. The summed E-state index contributed by atoms with van der Waals surface area (Å²) in [4.78, 5) is 22.4. The van der Waals surface area contributed by atoms with Crippen molar-refractivity contribution in [2.24, 2.45) is 0 Å². The van der Waals surface area contributed by atoms with Crippen molar-refractivity contribution in [1.82, 2.24) is 4.57 Å². The van der Waals surface area contributed by atoms with E-state index < -0.39 is 11.9 Å². The maximum atomic E-state index is 11.4. The predicted octanol–water partition coefficient (Wildman–Crippen LogP) is 4.82. The Labute approximate surface area is 184 Å². The maximum absolute atomic E-state index is 11.4. The number of nitrogens with zero attached hydrogens (tertiary/aromatic N) is 1. The molecule has 0 bridgehead atoms. The number of ether oxygens (including phenoxy) is 2. The summed E-state index contributed by atoms with van der Waals surface area (Å²) in [6.07, 6.45) is 1.51. The first-order valence-corrected chi connectivity index (χ1v) is 10.3. The van der Waals surface area contributed by atoms with E-state index in [-0.39, 0.29) is 12.1 Å². The van der Waals surface area contributed by atoms with Crippen LogP contribution >= 0.6 is 0 Å². The van der Waals surface area contributed by atoms with Crippen LogP contribution in [0.5, 0.6) is 11.5 Å². The number of para-hydroxylation sites is 1. The minimum atomic E-state index is -0.983. The molecule has 0 fully saturated rings. The van der Waals surface area contributed by atoms with E-state index in [0.29, 0.717) is 24.7 Å². The fraction of sp³-hybridized carbons (Fsp3) is 0.200. The first-order valence-electron chi connectivity index (χ1n) is 10.3. The highest BCUT2D eigenvalue weighted by molar-refractivity contribution is 6.08. The van der Waals surface area contributed by atoms with Crippen molar-refractivity contribution in [2.45, 2.75) is 19.4 Å². The number of hydrogen-bond acceptors (Lipinski definition) is 4. The second-order valence-electron chi connectivity index (χ2n) is 7.41. The van der Waals surface area contributed by atoms with E-state index in [1.807, 2.05) is 42.5 Å². The van der Waals surface area contributed by atoms with Crippen molar-refractivity contribution in [3.8, 4) is 11.5 Å². The SMILES string of the molecule is O=C(O)Cn1c2ccccc2c2ccc(OCCCCOc3cccc(C(=O)O)c3)cc21. The van der Waals surface area contributed by atoms with Crippen molar-refractivity contribution >= 4 is 33.7 Å². The first kappa shape index (κ1) is 21.2. The molecule has 0 saturated heterocycles. The summed E-state index contributed by atoms with van der Waals surface area (Å²) in [5.74, 6) is -0.666. The Kier molecular flexibility index (Phi) is 6.26. The lowest BCUT2D eigenvalue weighted by Gasteiger charge is -2.09. The molecule has 3 aromatic carbocycles. The summed E-state index contributed by atoms with van der Waals surface area (Å²) in [7, 11) is 0. The average Bonchev–Trinajstić information content (AvgIpc) is 3.09. The van der Waals surface area contributed by atoms with Crippen molar-refractivity contribution in [3.05, 3.63) is 72.3 Å². The molecule has 2 N–H and O–H groups in total. The number of hydrogen-bond donors (Lipinski definition) is 2. The summed E-state index contributed by atoms with van der Waals surface area (Å²) in [6, 6.07) is 19.9. The third-order valence-corrected chi connectivity index (χ3v) is 5.20. The van der Waals surface area contributed by atoms with Gasteiger partial charge in [-0.1, -0.05) is 24.3 Å². The molecule has 0 spiro atoms. The third-order valence-electron chi connectivity index (χ3n) is 5.20. The first-order chi connectivity index (χ1) is 15.5. The Morgan fingerprint density at radius 3 is 2.16 bits per heavy atom. The van der Waals surface area contributed by atoms with Gasteiger partial charge in [0.05, 0.1) is 24.3 Å². The van der Waals surface area contributed by atoms with Gasteiger partial charge in [0.2, 0.25) is 0 Å². The number of carbonyl (C=O) groups is 2. The zero-order valence-electron chi connectivity index (χ0n) is 17.4. The van der Waals surface area contributed by atoms with Gasteiger partial charge in [0.1, 0.15) is 18.0 Å². The Balaban J connectivity index is 1.35. The van der Waals surface area contributed by atoms with E-state index in [1.165, 1.54) is 12.1 Å². The molecule has 0 aliphatic carbocycles. The number of carboxylic acid groups (broad SMARTS) is 2. The summed E-state index contributed by atoms with van der Waals surface area (Å²) >= 11 is 0. The van der Waals surface area contributed by atoms with E-state index in [0.717, 1.165) is 34.6 Å². The Hall–Kier alpha value is -4.00. The summed E-state index contributed by atoms with van der Waals surface area (Å²) < 4.78 is 13.3. The molecule has 7 heteroatoms. The molecule has 0 saturated carbocycles. The molecule has 0 atom stereocenters. The third kappa shape index (κ3) is 4.67. The highest BCUT2D eigenvalue weighted by Crippen LogP contribution is 2.31. The van der Waals surface area contributed by atoms with Crippen molar-refractivity contribution in [2.75, 3.05) is 13.2 Å². The summed E-state index contributed by atoms with van der Waals surface area (Å²) in [5, 5.41) is 20.4. The summed E-state index contributed by atoms with van der Waals surface area (Å²) in [6.45, 7) is 0.829. The van der Waals surface area contributed by atoms with Crippen molar-refractivity contribution < 1.29 is 29.3 Å². The van der Waals surface area contributed by atoms with Gasteiger partial charge in [-0.15, -0.1) is 0 Å². The summed E-state index contributed by atoms with van der Waals surface area (Å²) in [5.41, 5.74) is 1.90. The van der Waals surface area contributed by atoms with Crippen LogP contribution < -0.4 is 9.47 Å². The molecule has 164 valence electrons. The van der Waals surface area contributed by atoms with Crippen LogP contribution in [0, 0.1) is 0 Å². The Morgan fingerprint density at radius 1 is 0.750 bits per heavy atom. The fourth-order valence-corrected chi connectivity index (χ4v) is 3.73. The smallest absolute Gasteiger partial charge is 0.335 e. The van der Waals surface area contributed by atoms with Gasteiger partial charge < -0.3 is 24.3 Å². The quantitative estimate of drug-likeness (QED) is 0.348. The maximum Gasteiger partial charge on any atom is 0.335 e. The number of aromatic nitrogens is 1. The minimum absolute atomic E-state index is 0.117. The molecule has 7 nitrogen and oxygen atoms in total. The van der Waals surface area contributed by atoms with Gasteiger partial charge in [0, 0.05) is 22.4 Å². The van der Waals surface area contributed by atoms with E-state index in [9.17, 15) is 14.7 Å². The molecular weight excluding hydrogens is 410 g/mol. The zero-order chi connectivity index (χ0) is 22.5. The van der Waals surface area contributed by atoms with Crippen LogP contribution in [-0.4, -0.2) is 39.9 Å². The fourth-order valence-electron chi connectivity index (χ4n) is 3.73. The number of fused-ring (bicyclic) bond motifs is 3. The number of carboxylic acids is 2. The number of unbranched alkanes of at least 4 members (excludes halogenated alkanes) is 1. The second kappa shape index (κ2) is 9.43. The van der Waals surface area contributed by atoms with E-state index in [2.05, 4.69) is 0 Å². The van der Waals surface area contributed by atoms with Gasteiger partial charge in [-0.05, 0) is 49.2 Å². The van der Waals surface area contributed by atoms with Crippen LogP contribution in [0.3, 0.4) is 0 Å². The topological polar surface area (TPSA) is 98.0 Å².